The van der Waals surface area contributed by atoms with Crippen molar-refractivity contribution in [2.24, 2.45) is 0 Å². The molecule has 0 aliphatic heterocycles. The number of sulfonamides is 1. The third-order valence-corrected chi connectivity index (χ3v) is 6.23. The highest BCUT2D eigenvalue weighted by Gasteiger charge is 2.18. The molecule has 0 saturated carbocycles. The third kappa shape index (κ3) is 5.05. The minimum Gasteiger partial charge on any atom is -0.505 e. The van der Waals surface area contributed by atoms with Gasteiger partial charge in [-0.3, -0.25) is 9.59 Å². The maximum Gasteiger partial charge on any atom is 0.279 e. The van der Waals surface area contributed by atoms with E-state index in [2.05, 4.69) is 15.1 Å². The monoisotopic (exact) mass is 480 g/mol. The van der Waals surface area contributed by atoms with Crippen molar-refractivity contribution >= 4 is 21.6 Å². The normalized spacial score (nSPS) is 11.3. The van der Waals surface area contributed by atoms with Crippen molar-refractivity contribution in [2.75, 3.05) is 5.32 Å². The molecule has 10 nitrogen and oxygen atoms in total. The fraction of sp³-hybridized carbons (Fsp3) is 0.0870. The van der Waals surface area contributed by atoms with E-state index in [4.69, 9.17) is 4.42 Å². The van der Waals surface area contributed by atoms with Crippen LogP contribution in [-0.2, 0) is 16.6 Å². The number of nitrogens with one attached hydrogen (secondary N) is 2. The van der Waals surface area contributed by atoms with E-state index >= 15 is 0 Å². The summed E-state index contributed by atoms with van der Waals surface area (Å²) in [7, 11) is -3.80. The van der Waals surface area contributed by atoms with E-state index in [1.165, 1.54) is 30.5 Å². The average Bonchev–Trinajstić information content (AvgIpc) is 3.32. The molecule has 0 radical (unpaired) electrons. The molecule has 0 unspecified atom stereocenters. The zero-order chi connectivity index (χ0) is 24.3. The molecule has 2 aromatic heterocycles. The molecule has 11 heteroatoms. The zero-order valence-corrected chi connectivity index (χ0v) is 18.7. The number of amides is 1. The molecule has 0 aliphatic rings. The van der Waals surface area contributed by atoms with Gasteiger partial charge in [0, 0.05) is 11.8 Å². The van der Waals surface area contributed by atoms with Crippen molar-refractivity contribution in [2.45, 2.75) is 18.4 Å². The summed E-state index contributed by atoms with van der Waals surface area (Å²) in [4.78, 5) is 25.0. The van der Waals surface area contributed by atoms with Crippen LogP contribution in [0.3, 0.4) is 0 Å². The molecule has 0 spiro atoms. The van der Waals surface area contributed by atoms with Gasteiger partial charge in [-0.2, -0.15) is 9.78 Å². The van der Waals surface area contributed by atoms with Crippen LogP contribution in [0, 0.1) is 6.92 Å². The number of aromatic hydroxyl groups is 1. The van der Waals surface area contributed by atoms with Gasteiger partial charge in [0.15, 0.2) is 11.4 Å². The van der Waals surface area contributed by atoms with E-state index in [1.807, 2.05) is 13.0 Å². The quantitative estimate of drug-likeness (QED) is 0.369. The van der Waals surface area contributed by atoms with Gasteiger partial charge in [-0.05, 0) is 61.0 Å². The predicted molar refractivity (Wildman–Crippen MR) is 123 cm³/mol. The second-order valence-corrected chi connectivity index (χ2v) is 9.12. The second kappa shape index (κ2) is 9.33. The molecule has 0 atom stereocenters. The van der Waals surface area contributed by atoms with Gasteiger partial charge in [-0.1, -0.05) is 12.1 Å². The summed E-state index contributed by atoms with van der Waals surface area (Å²) < 4.78 is 33.4. The highest BCUT2D eigenvalue weighted by atomic mass is 32.2. The number of aromatic nitrogens is 2. The minimum absolute atomic E-state index is 0.00455. The van der Waals surface area contributed by atoms with E-state index in [-0.39, 0.29) is 22.8 Å². The molecule has 174 valence electrons. The van der Waals surface area contributed by atoms with Gasteiger partial charge >= 0.3 is 0 Å². The first-order valence-electron chi connectivity index (χ1n) is 10.1. The van der Waals surface area contributed by atoms with E-state index in [9.17, 15) is 23.1 Å². The van der Waals surface area contributed by atoms with Crippen molar-refractivity contribution in [3.05, 3.63) is 100 Å². The lowest BCUT2D eigenvalue weighted by molar-refractivity contribution is 0.101. The number of carbonyl (C=O) groups is 1. The molecule has 0 aliphatic carbocycles. The number of benzene rings is 2. The van der Waals surface area contributed by atoms with Gasteiger partial charge < -0.3 is 14.8 Å². The van der Waals surface area contributed by atoms with Crippen LogP contribution in [0.2, 0.25) is 0 Å². The number of hydrogen-bond acceptors (Lipinski definition) is 7. The van der Waals surface area contributed by atoms with Crippen LogP contribution in [-0.4, -0.2) is 29.2 Å². The van der Waals surface area contributed by atoms with Crippen LogP contribution < -0.4 is 15.6 Å². The minimum atomic E-state index is -3.80. The molecule has 2 aromatic carbocycles. The topological polar surface area (TPSA) is 144 Å². The van der Waals surface area contributed by atoms with Crippen molar-refractivity contribution in [1.82, 2.24) is 14.5 Å². The van der Waals surface area contributed by atoms with Crippen molar-refractivity contribution < 1.29 is 22.7 Å². The molecule has 34 heavy (non-hydrogen) atoms. The molecular formula is C23H20N4O6S. The first kappa shape index (κ1) is 23.0. The number of anilines is 1. The van der Waals surface area contributed by atoms with Crippen LogP contribution in [0.5, 0.6) is 5.75 Å². The molecular weight excluding hydrogens is 460 g/mol. The Kier molecular flexibility index (Phi) is 6.30. The lowest BCUT2D eigenvalue weighted by Crippen LogP contribution is -2.25. The highest BCUT2D eigenvalue weighted by molar-refractivity contribution is 7.89. The first-order chi connectivity index (χ1) is 16.2. The molecule has 0 saturated heterocycles. The molecule has 4 rings (SSSR count). The van der Waals surface area contributed by atoms with Crippen molar-refractivity contribution in [3.8, 4) is 11.4 Å². The number of aryl methyl sites for hydroxylation is 1. The molecule has 1 amide bonds. The fourth-order valence-electron chi connectivity index (χ4n) is 3.12. The number of nitrogens with zero attached hydrogens (tertiary/aromatic N) is 2. The van der Waals surface area contributed by atoms with Crippen LogP contribution in [0.25, 0.3) is 5.69 Å². The smallest absolute Gasteiger partial charge is 0.279 e. The summed E-state index contributed by atoms with van der Waals surface area (Å²) in [5.74, 6) is -0.884. The van der Waals surface area contributed by atoms with Gasteiger partial charge in [0.05, 0.1) is 23.4 Å². The van der Waals surface area contributed by atoms with Gasteiger partial charge in [0.25, 0.3) is 11.5 Å². The predicted octanol–water partition coefficient (Wildman–Crippen LogP) is 2.57. The maximum absolute atomic E-state index is 12.7. The standard InChI is InChI=1S/C23H20N4O6S/c1-15-4-2-5-17(12-15)27-21(29)13-20(28)22(26-27)23(30)25-16-7-9-19(10-8-16)34(31,32)24-14-18-6-3-11-33-18/h2-13,24,28H,14H2,1H3,(H,25,30). The summed E-state index contributed by atoms with van der Waals surface area (Å²) >= 11 is 0. The summed E-state index contributed by atoms with van der Waals surface area (Å²) in [5.41, 5.74) is 0.633. The van der Waals surface area contributed by atoms with E-state index in [0.717, 1.165) is 16.3 Å². The Bertz CT molecular complexity index is 1490. The SMILES string of the molecule is Cc1cccc(-n2nc(C(=O)Nc3ccc(S(=O)(=O)NCc4ccco4)cc3)c(O)cc2=O)c1. The van der Waals surface area contributed by atoms with Gasteiger partial charge in [-0.25, -0.2) is 13.1 Å². The van der Waals surface area contributed by atoms with Gasteiger partial charge in [0.2, 0.25) is 10.0 Å². The number of furan rings is 1. The molecule has 4 aromatic rings. The maximum atomic E-state index is 12.7. The Morgan fingerprint density at radius 2 is 1.85 bits per heavy atom. The third-order valence-electron chi connectivity index (χ3n) is 4.81. The van der Waals surface area contributed by atoms with Crippen molar-refractivity contribution in [3.63, 3.8) is 0 Å². The Morgan fingerprint density at radius 3 is 2.53 bits per heavy atom. The van der Waals surface area contributed by atoms with Crippen LogP contribution in [0.15, 0.2) is 87.1 Å². The highest BCUT2D eigenvalue weighted by Crippen LogP contribution is 2.18. The van der Waals surface area contributed by atoms with E-state index in [1.54, 1.807) is 30.3 Å². The summed E-state index contributed by atoms with van der Waals surface area (Å²) in [6.45, 7) is 1.84. The largest absolute Gasteiger partial charge is 0.505 e. The Hall–Kier alpha value is -4.22. The first-order valence-corrected chi connectivity index (χ1v) is 11.5. The Balaban J connectivity index is 1.52. The summed E-state index contributed by atoms with van der Waals surface area (Å²) in [6.07, 6.45) is 1.45. The summed E-state index contributed by atoms with van der Waals surface area (Å²) in [5, 5.41) is 16.7. The summed E-state index contributed by atoms with van der Waals surface area (Å²) in [6, 6.07) is 16.6. The number of carbonyl (C=O) groups excluding carboxylic acids is 1. The Labute approximate surface area is 194 Å². The molecule has 0 fully saturated rings. The second-order valence-electron chi connectivity index (χ2n) is 7.35. The van der Waals surface area contributed by atoms with Gasteiger partial charge in [0.1, 0.15) is 5.76 Å². The fourth-order valence-corrected chi connectivity index (χ4v) is 4.12. The van der Waals surface area contributed by atoms with Crippen molar-refractivity contribution in [1.29, 1.82) is 0 Å². The molecule has 2 heterocycles. The van der Waals surface area contributed by atoms with Gasteiger partial charge in [-0.15, -0.1) is 0 Å². The molecule has 0 bridgehead atoms. The lowest BCUT2D eigenvalue weighted by Gasteiger charge is -2.10. The molecule has 3 N–H and O–H groups in total. The van der Waals surface area contributed by atoms with E-state index < -0.39 is 27.2 Å². The number of rotatable bonds is 7. The lowest BCUT2D eigenvalue weighted by atomic mass is 10.2. The Morgan fingerprint density at radius 1 is 1.09 bits per heavy atom. The van der Waals surface area contributed by atoms with E-state index in [0.29, 0.717) is 11.4 Å². The number of hydrogen-bond donors (Lipinski definition) is 3. The zero-order valence-electron chi connectivity index (χ0n) is 17.9. The van der Waals surface area contributed by atoms with Crippen LogP contribution in [0.1, 0.15) is 21.8 Å². The van der Waals surface area contributed by atoms with Crippen LogP contribution >= 0.6 is 0 Å². The van der Waals surface area contributed by atoms with Crippen LogP contribution in [0.4, 0.5) is 5.69 Å². The average molecular weight is 481 g/mol.